The third kappa shape index (κ3) is 4.37. The molecule has 2 N–H and O–H groups in total. The average molecular weight is 346 g/mol. The van der Waals surface area contributed by atoms with Gasteiger partial charge in [0.15, 0.2) is 0 Å². The lowest BCUT2D eigenvalue weighted by Crippen LogP contribution is -2.51. The fraction of sp³-hybridized carbons (Fsp3) is 0.389. The van der Waals surface area contributed by atoms with Crippen LogP contribution in [0.1, 0.15) is 42.7 Å². The molecule has 0 saturated carbocycles. The van der Waals surface area contributed by atoms with Gasteiger partial charge in [-0.25, -0.2) is 9.59 Å². The molecule has 1 aliphatic rings. The summed E-state index contributed by atoms with van der Waals surface area (Å²) in [5.74, 6) is -1.75. The molecule has 1 aliphatic heterocycles. The number of methoxy groups -OCH3 is 1. The summed E-state index contributed by atoms with van der Waals surface area (Å²) in [6, 6.07) is 5.36. The molecule has 7 nitrogen and oxygen atoms in total. The van der Waals surface area contributed by atoms with Crippen LogP contribution in [-0.4, -0.2) is 30.7 Å². The number of nitrogens with one attached hydrogen (secondary N) is 2. The normalized spacial score (nSPS) is 20.3. The van der Waals surface area contributed by atoms with Gasteiger partial charge in [0, 0.05) is 5.70 Å². The maximum atomic E-state index is 12.6. The molecular formula is C18H22N2O5. The van der Waals surface area contributed by atoms with Crippen molar-refractivity contribution < 1.29 is 23.9 Å². The molecule has 2 atom stereocenters. The zero-order valence-electron chi connectivity index (χ0n) is 14.7. The van der Waals surface area contributed by atoms with Gasteiger partial charge in [0.05, 0.1) is 18.7 Å². The Hall–Kier alpha value is -2.83. The van der Waals surface area contributed by atoms with Crippen molar-refractivity contribution in [1.29, 1.82) is 0 Å². The largest absolute Gasteiger partial charge is 0.465 e. The molecule has 2 rings (SSSR count). The molecule has 0 aromatic heterocycles. The first-order valence-corrected chi connectivity index (χ1v) is 7.80. The van der Waals surface area contributed by atoms with E-state index in [0.717, 1.165) is 0 Å². The van der Waals surface area contributed by atoms with E-state index in [9.17, 15) is 14.4 Å². The topological polar surface area (TPSA) is 93.7 Å². The standard InChI is InChI=1S/C18H22N2O5/c1-10-13(16(22)25-18(2,3)4)14(20-17(23)19-10)11-6-8-12(9-7-11)15(21)24-5/h6-9,13-14H,1H2,2-5H3,(H2,19,20,23)/t13-,14+/m0/s1. The zero-order valence-corrected chi connectivity index (χ0v) is 14.7. The number of ether oxygens (including phenoxy) is 2. The molecule has 25 heavy (non-hydrogen) atoms. The van der Waals surface area contributed by atoms with Crippen LogP contribution in [0, 0.1) is 5.92 Å². The number of hydrogen-bond acceptors (Lipinski definition) is 5. The molecule has 1 aromatic rings. The number of rotatable bonds is 3. The van der Waals surface area contributed by atoms with Crippen LogP contribution in [0.5, 0.6) is 0 Å². The Labute approximate surface area is 146 Å². The zero-order chi connectivity index (χ0) is 18.8. The quantitative estimate of drug-likeness (QED) is 0.819. The summed E-state index contributed by atoms with van der Waals surface area (Å²) in [5.41, 5.74) is 0.622. The Balaban J connectivity index is 2.33. The lowest BCUT2D eigenvalue weighted by atomic mass is 9.88. The number of esters is 2. The van der Waals surface area contributed by atoms with Crippen molar-refractivity contribution in [2.24, 2.45) is 5.92 Å². The van der Waals surface area contributed by atoms with E-state index < -0.39 is 35.5 Å². The van der Waals surface area contributed by atoms with Crippen molar-refractivity contribution in [2.45, 2.75) is 32.4 Å². The summed E-state index contributed by atoms with van der Waals surface area (Å²) >= 11 is 0. The molecular weight excluding hydrogens is 324 g/mol. The molecule has 0 unspecified atom stereocenters. The highest BCUT2D eigenvalue weighted by molar-refractivity contribution is 5.89. The van der Waals surface area contributed by atoms with Crippen molar-refractivity contribution in [3.8, 4) is 0 Å². The van der Waals surface area contributed by atoms with Crippen LogP contribution in [0.4, 0.5) is 4.79 Å². The summed E-state index contributed by atoms with van der Waals surface area (Å²) < 4.78 is 10.1. The van der Waals surface area contributed by atoms with E-state index >= 15 is 0 Å². The van der Waals surface area contributed by atoms with Crippen LogP contribution in [-0.2, 0) is 14.3 Å². The number of hydrogen-bond donors (Lipinski definition) is 2. The number of benzene rings is 1. The van der Waals surface area contributed by atoms with Gasteiger partial charge in [-0.15, -0.1) is 0 Å². The van der Waals surface area contributed by atoms with Gasteiger partial charge in [-0.05, 0) is 38.5 Å². The number of carbonyl (C=O) groups is 3. The molecule has 0 radical (unpaired) electrons. The van der Waals surface area contributed by atoms with Crippen molar-refractivity contribution >= 4 is 18.0 Å². The monoisotopic (exact) mass is 346 g/mol. The highest BCUT2D eigenvalue weighted by atomic mass is 16.6. The van der Waals surface area contributed by atoms with Gasteiger partial charge in [-0.2, -0.15) is 0 Å². The molecule has 0 aliphatic carbocycles. The lowest BCUT2D eigenvalue weighted by molar-refractivity contribution is -0.159. The maximum absolute atomic E-state index is 12.6. The lowest BCUT2D eigenvalue weighted by Gasteiger charge is -2.35. The molecule has 1 fully saturated rings. The maximum Gasteiger partial charge on any atom is 0.337 e. The SMILES string of the molecule is C=C1NC(=O)N[C@H](c2ccc(C(=O)OC)cc2)[C@H]1C(=O)OC(C)(C)C. The molecule has 7 heteroatoms. The number of urea groups is 1. The van der Waals surface area contributed by atoms with E-state index in [2.05, 4.69) is 21.9 Å². The molecule has 2 amide bonds. The summed E-state index contributed by atoms with van der Waals surface area (Å²) in [6.07, 6.45) is 0. The molecule has 0 bridgehead atoms. The third-order valence-electron chi connectivity index (χ3n) is 3.62. The van der Waals surface area contributed by atoms with Gasteiger partial charge in [0.25, 0.3) is 0 Å². The van der Waals surface area contributed by atoms with Gasteiger partial charge in [-0.3, -0.25) is 4.79 Å². The first-order valence-electron chi connectivity index (χ1n) is 7.80. The van der Waals surface area contributed by atoms with Crippen molar-refractivity contribution in [3.05, 3.63) is 47.7 Å². The van der Waals surface area contributed by atoms with E-state index in [1.807, 2.05) is 0 Å². The minimum atomic E-state index is -0.791. The highest BCUT2D eigenvalue weighted by Gasteiger charge is 2.40. The van der Waals surface area contributed by atoms with Crippen molar-refractivity contribution in [1.82, 2.24) is 10.6 Å². The molecule has 134 valence electrons. The van der Waals surface area contributed by atoms with E-state index in [1.54, 1.807) is 45.0 Å². The Morgan fingerprint density at radius 2 is 1.76 bits per heavy atom. The number of carbonyl (C=O) groups excluding carboxylic acids is 3. The van der Waals surface area contributed by atoms with E-state index in [0.29, 0.717) is 11.1 Å². The van der Waals surface area contributed by atoms with Gasteiger partial charge < -0.3 is 20.1 Å². The van der Waals surface area contributed by atoms with Gasteiger partial charge in [0.1, 0.15) is 11.5 Å². The van der Waals surface area contributed by atoms with Gasteiger partial charge in [-0.1, -0.05) is 18.7 Å². The van der Waals surface area contributed by atoms with Crippen LogP contribution in [0.15, 0.2) is 36.5 Å². The van der Waals surface area contributed by atoms with Crippen molar-refractivity contribution in [3.63, 3.8) is 0 Å². The molecule has 1 heterocycles. The minimum Gasteiger partial charge on any atom is -0.465 e. The molecule has 0 spiro atoms. The fourth-order valence-corrected chi connectivity index (χ4v) is 2.55. The second-order valence-corrected chi connectivity index (χ2v) is 6.73. The Morgan fingerprint density at radius 3 is 2.28 bits per heavy atom. The molecule has 1 aromatic carbocycles. The van der Waals surface area contributed by atoms with E-state index in [-0.39, 0.29) is 5.70 Å². The first kappa shape index (κ1) is 18.5. The van der Waals surface area contributed by atoms with Gasteiger partial charge >= 0.3 is 18.0 Å². The summed E-state index contributed by atoms with van der Waals surface area (Å²) in [5, 5.41) is 5.23. The summed E-state index contributed by atoms with van der Waals surface area (Å²) in [4.78, 5) is 36.0. The third-order valence-corrected chi connectivity index (χ3v) is 3.62. The van der Waals surface area contributed by atoms with Crippen molar-refractivity contribution in [2.75, 3.05) is 7.11 Å². The van der Waals surface area contributed by atoms with Crippen LogP contribution >= 0.6 is 0 Å². The Kier molecular flexibility index (Phi) is 5.15. The first-order chi connectivity index (χ1) is 11.6. The number of amides is 2. The van der Waals surface area contributed by atoms with Crippen LogP contribution in [0.2, 0.25) is 0 Å². The average Bonchev–Trinajstić information content (AvgIpc) is 2.51. The van der Waals surface area contributed by atoms with Crippen LogP contribution in [0.3, 0.4) is 0 Å². The van der Waals surface area contributed by atoms with Gasteiger partial charge in [0.2, 0.25) is 0 Å². The second kappa shape index (κ2) is 6.96. The summed E-state index contributed by atoms with van der Waals surface area (Å²) in [6.45, 7) is 9.08. The van der Waals surface area contributed by atoms with Crippen LogP contribution < -0.4 is 10.6 Å². The Morgan fingerprint density at radius 1 is 1.16 bits per heavy atom. The smallest absolute Gasteiger partial charge is 0.337 e. The highest BCUT2D eigenvalue weighted by Crippen LogP contribution is 2.31. The predicted octanol–water partition coefficient (Wildman–Crippen LogP) is 2.30. The Bertz CT molecular complexity index is 703. The van der Waals surface area contributed by atoms with E-state index in [4.69, 9.17) is 4.74 Å². The summed E-state index contributed by atoms with van der Waals surface area (Å²) in [7, 11) is 1.30. The second-order valence-electron chi connectivity index (χ2n) is 6.73. The predicted molar refractivity (Wildman–Crippen MR) is 90.7 cm³/mol. The van der Waals surface area contributed by atoms with E-state index in [1.165, 1.54) is 7.11 Å². The fourth-order valence-electron chi connectivity index (χ4n) is 2.55. The molecule has 1 saturated heterocycles. The minimum absolute atomic E-state index is 0.264. The van der Waals surface area contributed by atoms with Crippen LogP contribution in [0.25, 0.3) is 0 Å².